The molecule has 2 aromatic rings. The average Bonchev–Trinajstić information content (AvgIpc) is 2.54. The van der Waals surface area contributed by atoms with E-state index in [1.807, 2.05) is 6.07 Å². The van der Waals surface area contributed by atoms with Crippen LogP contribution in [0.2, 0.25) is 15.2 Å². The monoisotopic (exact) mass is 370 g/mol. The lowest BCUT2D eigenvalue weighted by atomic mass is 10.2. The Morgan fingerprint density at radius 2 is 2.09 bits per heavy atom. The highest BCUT2D eigenvalue weighted by molar-refractivity contribution is 6.45. The van der Waals surface area contributed by atoms with Crippen LogP contribution in [0.15, 0.2) is 23.3 Å². The van der Waals surface area contributed by atoms with E-state index in [-0.39, 0.29) is 32.3 Å². The highest BCUT2D eigenvalue weighted by Gasteiger charge is 2.15. The first-order chi connectivity index (χ1) is 11.0. The normalized spacial score (nSPS) is 10.6. The quantitative estimate of drug-likeness (QED) is 0.480. The smallest absolute Gasteiger partial charge is 0.168 e. The molecule has 118 valence electrons. The number of anilines is 1. The summed E-state index contributed by atoms with van der Waals surface area (Å²) in [6.07, 6.45) is 1.46. The van der Waals surface area contributed by atoms with Gasteiger partial charge in [-0.1, -0.05) is 34.8 Å². The molecule has 0 aliphatic rings. The molecule has 0 fully saturated rings. The summed E-state index contributed by atoms with van der Waals surface area (Å²) in [5.74, 6) is 0.449. The Balaban J connectivity index is 2.23. The van der Waals surface area contributed by atoms with Crippen LogP contribution in [0.5, 0.6) is 11.5 Å². The lowest BCUT2D eigenvalue weighted by Crippen LogP contribution is -1.98. The van der Waals surface area contributed by atoms with Gasteiger partial charge in [-0.2, -0.15) is 10.4 Å². The van der Waals surface area contributed by atoms with E-state index < -0.39 is 0 Å². The van der Waals surface area contributed by atoms with Crippen molar-refractivity contribution in [3.8, 4) is 17.6 Å². The molecule has 2 N–H and O–H groups in total. The van der Waals surface area contributed by atoms with Gasteiger partial charge >= 0.3 is 0 Å². The number of pyridine rings is 1. The number of nitriles is 1. The van der Waals surface area contributed by atoms with Crippen molar-refractivity contribution in [3.05, 3.63) is 44.5 Å². The van der Waals surface area contributed by atoms with Crippen molar-refractivity contribution in [2.45, 2.75) is 0 Å². The Hall–Kier alpha value is -2.20. The van der Waals surface area contributed by atoms with Crippen molar-refractivity contribution in [2.75, 3.05) is 12.5 Å². The van der Waals surface area contributed by atoms with E-state index >= 15 is 0 Å². The molecule has 9 heteroatoms. The molecule has 23 heavy (non-hydrogen) atoms. The lowest BCUT2D eigenvalue weighted by Gasteiger charge is -2.07. The predicted octanol–water partition coefficient (Wildman–Crippen LogP) is 4.07. The zero-order valence-corrected chi connectivity index (χ0v) is 13.9. The Morgan fingerprint density at radius 3 is 2.74 bits per heavy atom. The first-order valence-electron chi connectivity index (χ1n) is 6.08. The zero-order valence-electron chi connectivity index (χ0n) is 11.6. The second kappa shape index (κ2) is 7.38. The fourth-order valence-corrected chi connectivity index (χ4v) is 2.29. The van der Waals surface area contributed by atoms with E-state index in [2.05, 4.69) is 15.5 Å². The molecule has 0 bridgehead atoms. The molecule has 1 aromatic heterocycles. The van der Waals surface area contributed by atoms with Gasteiger partial charge in [-0.25, -0.2) is 4.98 Å². The number of phenolic OH excluding ortho intramolecular Hbond substituents is 1. The van der Waals surface area contributed by atoms with Crippen molar-refractivity contribution < 1.29 is 9.84 Å². The molecule has 1 aromatic carbocycles. The van der Waals surface area contributed by atoms with Gasteiger partial charge in [0, 0.05) is 0 Å². The molecule has 1 heterocycles. The summed E-state index contributed by atoms with van der Waals surface area (Å²) >= 11 is 17.8. The van der Waals surface area contributed by atoms with Crippen LogP contribution in [0, 0.1) is 11.3 Å². The fraction of sp³-hybridized carbons (Fsp3) is 0.0714. The number of rotatable bonds is 4. The van der Waals surface area contributed by atoms with Gasteiger partial charge in [-0.15, -0.1) is 0 Å². The van der Waals surface area contributed by atoms with E-state index in [1.165, 1.54) is 19.4 Å². The van der Waals surface area contributed by atoms with Crippen LogP contribution in [0.1, 0.15) is 11.1 Å². The third-order valence-electron chi connectivity index (χ3n) is 2.74. The maximum absolute atomic E-state index is 9.52. The molecular weight excluding hydrogens is 363 g/mol. The Bertz CT molecular complexity index is 819. The molecular formula is C14H9Cl3N4O2. The first-order valence-corrected chi connectivity index (χ1v) is 7.22. The largest absolute Gasteiger partial charge is 0.504 e. The van der Waals surface area contributed by atoms with E-state index in [4.69, 9.17) is 44.8 Å². The maximum atomic E-state index is 9.52. The summed E-state index contributed by atoms with van der Waals surface area (Å²) in [5, 5.41) is 22.3. The molecule has 0 amide bonds. The number of hydrazone groups is 1. The summed E-state index contributed by atoms with van der Waals surface area (Å²) < 4.78 is 5.00. The summed E-state index contributed by atoms with van der Waals surface area (Å²) in [4.78, 5) is 3.92. The Morgan fingerprint density at radius 1 is 1.35 bits per heavy atom. The number of halogens is 3. The van der Waals surface area contributed by atoms with Gasteiger partial charge in [0.15, 0.2) is 22.5 Å². The van der Waals surface area contributed by atoms with Crippen molar-refractivity contribution in [1.29, 1.82) is 5.26 Å². The predicted molar refractivity (Wildman–Crippen MR) is 89.9 cm³/mol. The number of aromatic hydroxyl groups is 1. The van der Waals surface area contributed by atoms with Gasteiger partial charge in [0.05, 0.1) is 18.3 Å². The standard InChI is InChI=1S/C14H9Cl3N4O2/c1-23-10-4-7(2-3-9(10)22)6-19-21-14-12(16)11(15)8(5-18)13(17)20-14/h2-4,6,22H,1H3,(H,20,21). The molecule has 0 unspecified atom stereocenters. The van der Waals surface area contributed by atoms with E-state index in [0.29, 0.717) is 11.3 Å². The summed E-state index contributed by atoms with van der Waals surface area (Å²) in [6, 6.07) is 6.52. The molecule has 0 spiro atoms. The SMILES string of the molecule is COc1cc(C=NNc2nc(Cl)c(C#N)c(Cl)c2Cl)ccc1O. The molecule has 0 saturated heterocycles. The van der Waals surface area contributed by atoms with Crippen LogP contribution in [0.3, 0.4) is 0 Å². The van der Waals surface area contributed by atoms with Crippen molar-refractivity contribution in [1.82, 2.24) is 4.98 Å². The van der Waals surface area contributed by atoms with Gasteiger partial charge in [0.25, 0.3) is 0 Å². The van der Waals surface area contributed by atoms with Gasteiger partial charge in [-0.3, -0.25) is 5.43 Å². The van der Waals surface area contributed by atoms with Gasteiger partial charge in [0.2, 0.25) is 0 Å². The molecule has 0 radical (unpaired) electrons. The van der Waals surface area contributed by atoms with Gasteiger partial charge in [-0.05, 0) is 23.8 Å². The number of phenols is 1. The van der Waals surface area contributed by atoms with Crippen molar-refractivity contribution in [3.63, 3.8) is 0 Å². The van der Waals surface area contributed by atoms with Crippen LogP contribution < -0.4 is 10.2 Å². The molecule has 0 atom stereocenters. The molecule has 0 aliphatic heterocycles. The number of aromatic nitrogens is 1. The number of nitrogens with one attached hydrogen (secondary N) is 1. The Kier molecular flexibility index (Phi) is 5.50. The first kappa shape index (κ1) is 17.2. The van der Waals surface area contributed by atoms with Crippen LogP contribution >= 0.6 is 34.8 Å². The fourth-order valence-electron chi connectivity index (χ4n) is 1.62. The maximum Gasteiger partial charge on any atom is 0.168 e. The third kappa shape index (κ3) is 3.77. The van der Waals surface area contributed by atoms with E-state index in [0.717, 1.165) is 0 Å². The van der Waals surface area contributed by atoms with Crippen LogP contribution in [-0.2, 0) is 0 Å². The molecule has 0 aliphatic carbocycles. The highest BCUT2D eigenvalue weighted by atomic mass is 35.5. The number of benzene rings is 1. The minimum Gasteiger partial charge on any atom is -0.504 e. The lowest BCUT2D eigenvalue weighted by molar-refractivity contribution is 0.373. The number of hydrogen-bond acceptors (Lipinski definition) is 6. The van der Waals surface area contributed by atoms with Crippen LogP contribution in [0.25, 0.3) is 0 Å². The highest BCUT2D eigenvalue weighted by Crippen LogP contribution is 2.34. The second-order valence-corrected chi connectivity index (χ2v) is 5.28. The zero-order chi connectivity index (χ0) is 17.0. The molecule has 6 nitrogen and oxygen atoms in total. The topological polar surface area (TPSA) is 90.5 Å². The van der Waals surface area contributed by atoms with E-state index in [9.17, 15) is 5.11 Å². The third-order valence-corrected chi connectivity index (χ3v) is 3.85. The van der Waals surface area contributed by atoms with Crippen LogP contribution in [0.4, 0.5) is 5.82 Å². The summed E-state index contributed by atoms with van der Waals surface area (Å²) in [7, 11) is 1.44. The van der Waals surface area contributed by atoms with E-state index in [1.54, 1.807) is 12.1 Å². The van der Waals surface area contributed by atoms with Crippen molar-refractivity contribution >= 4 is 46.8 Å². The number of hydrogen-bond donors (Lipinski definition) is 2. The number of methoxy groups -OCH3 is 1. The minimum atomic E-state index is -0.0779. The van der Waals surface area contributed by atoms with Gasteiger partial charge < -0.3 is 9.84 Å². The average molecular weight is 372 g/mol. The second-order valence-electron chi connectivity index (χ2n) is 4.17. The Labute approximate surface area is 146 Å². The van der Waals surface area contributed by atoms with Gasteiger partial charge in [0.1, 0.15) is 16.7 Å². The molecule has 2 rings (SSSR count). The number of ether oxygens (including phenoxy) is 1. The van der Waals surface area contributed by atoms with Crippen LogP contribution in [-0.4, -0.2) is 23.4 Å². The summed E-state index contributed by atoms with van der Waals surface area (Å²) in [5.41, 5.74) is 3.25. The van der Waals surface area contributed by atoms with Crippen molar-refractivity contribution in [2.24, 2.45) is 5.10 Å². The summed E-state index contributed by atoms with van der Waals surface area (Å²) in [6.45, 7) is 0. The molecule has 0 saturated carbocycles. The minimum absolute atomic E-state index is 0.00170. The number of nitrogens with zero attached hydrogens (tertiary/aromatic N) is 3.